The van der Waals surface area contributed by atoms with Crippen LogP contribution in [-0.4, -0.2) is 39.4 Å². The molecule has 1 amide bonds. The molecule has 0 saturated heterocycles. The van der Waals surface area contributed by atoms with Gasteiger partial charge in [-0.3, -0.25) is 4.79 Å². The summed E-state index contributed by atoms with van der Waals surface area (Å²) in [6.07, 6.45) is 1.46. The molecule has 0 radical (unpaired) electrons. The Morgan fingerprint density at radius 1 is 0.750 bits per heavy atom. The lowest BCUT2D eigenvalue weighted by Gasteiger charge is -2.11. The van der Waals surface area contributed by atoms with Gasteiger partial charge in [0.25, 0.3) is 5.91 Å². The number of methoxy groups -OCH3 is 3. The number of carbonyl (C=O) groups is 2. The summed E-state index contributed by atoms with van der Waals surface area (Å²) in [5.41, 5.74) is 3.89. The summed E-state index contributed by atoms with van der Waals surface area (Å²) >= 11 is 0. The van der Waals surface area contributed by atoms with Crippen molar-refractivity contribution in [3.05, 3.63) is 83.4 Å². The molecule has 0 aromatic heterocycles. The molecule has 0 aliphatic carbocycles. The van der Waals surface area contributed by atoms with Crippen molar-refractivity contribution in [3.63, 3.8) is 0 Å². The van der Waals surface area contributed by atoms with Crippen molar-refractivity contribution < 1.29 is 28.5 Å². The average Bonchev–Trinajstić information content (AvgIpc) is 2.84. The maximum Gasteiger partial charge on any atom is 0.343 e. The number of hydrazone groups is 1. The summed E-state index contributed by atoms with van der Waals surface area (Å²) in [4.78, 5) is 24.6. The molecule has 3 aromatic rings. The summed E-state index contributed by atoms with van der Waals surface area (Å²) in [6.45, 7) is 0. The zero-order valence-corrected chi connectivity index (χ0v) is 17.8. The zero-order valence-electron chi connectivity index (χ0n) is 17.8. The summed E-state index contributed by atoms with van der Waals surface area (Å²) in [7, 11) is 4.46. The molecule has 0 bridgehead atoms. The standard InChI is InChI=1S/C24H22N2O6/c1-29-19-12-10-18(14-22(19)31-3)24(28)32-20-11-9-16(13-21(20)30-2)15-25-26-23(27)17-7-5-4-6-8-17/h4-15H,1-3H3,(H,26,27)/b25-15+. The average molecular weight is 434 g/mol. The smallest absolute Gasteiger partial charge is 0.343 e. The van der Waals surface area contributed by atoms with Crippen molar-refractivity contribution in [3.8, 4) is 23.0 Å². The van der Waals surface area contributed by atoms with Gasteiger partial charge in [0.15, 0.2) is 23.0 Å². The van der Waals surface area contributed by atoms with Gasteiger partial charge in [0.2, 0.25) is 0 Å². The van der Waals surface area contributed by atoms with E-state index in [9.17, 15) is 9.59 Å². The molecule has 0 heterocycles. The Morgan fingerprint density at radius 2 is 1.41 bits per heavy atom. The maximum absolute atomic E-state index is 12.6. The van der Waals surface area contributed by atoms with Gasteiger partial charge in [-0.25, -0.2) is 10.2 Å². The van der Waals surface area contributed by atoms with Gasteiger partial charge in [-0.1, -0.05) is 18.2 Å². The number of nitrogens with one attached hydrogen (secondary N) is 1. The lowest BCUT2D eigenvalue weighted by molar-refractivity contribution is 0.0729. The van der Waals surface area contributed by atoms with E-state index in [1.165, 1.54) is 33.6 Å². The number of esters is 1. The lowest BCUT2D eigenvalue weighted by atomic mass is 10.2. The van der Waals surface area contributed by atoms with Crippen LogP contribution in [0, 0.1) is 0 Å². The van der Waals surface area contributed by atoms with Crippen LogP contribution in [0.3, 0.4) is 0 Å². The van der Waals surface area contributed by atoms with Crippen LogP contribution in [0.2, 0.25) is 0 Å². The first-order valence-corrected chi connectivity index (χ1v) is 9.56. The van der Waals surface area contributed by atoms with Crippen LogP contribution < -0.4 is 24.4 Å². The minimum absolute atomic E-state index is 0.234. The van der Waals surface area contributed by atoms with Crippen LogP contribution in [-0.2, 0) is 0 Å². The Labute approximate surface area is 185 Å². The molecule has 0 unspecified atom stereocenters. The number of hydrogen-bond donors (Lipinski definition) is 1. The summed E-state index contributed by atoms with van der Waals surface area (Å²) in [5.74, 6) is 0.577. The largest absolute Gasteiger partial charge is 0.493 e. The highest BCUT2D eigenvalue weighted by atomic mass is 16.6. The van der Waals surface area contributed by atoms with E-state index < -0.39 is 5.97 Å². The van der Waals surface area contributed by atoms with Gasteiger partial charge in [-0.05, 0) is 54.1 Å². The molecule has 0 fully saturated rings. The van der Waals surface area contributed by atoms with E-state index in [1.54, 1.807) is 54.6 Å². The van der Waals surface area contributed by atoms with E-state index in [-0.39, 0.29) is 11.7 Å². The number of nitrogens with zero attached hydrogens (tertiary/aromatic N) is 1. The fourth-order valence-corrected chi connectivity index (χ4v) is 2.79. The van der Waals surface area contributed by atoms with Crippen LogP contribution in [0.15, 0.2) is 71.8 Å². The predicted molar refractivity (Wildman–Crippen MR) is 119 cm³/mol. The Kier molecular flexibility index (Phi) is 7.42. The molecule has 8 nitrogen and oxygen atoms in total. The van der Waals surface area contributed by atoms with E-state index in [2.05, 4.69) is 10.5 Å². The second kappa shape index (κ2) is 10.6. The van der Waals surface area contributed by atoms with Gasteiger partial charge in [0, 0.05) is 5.56 Å². The Morgan fingerprint density at radius 3 is 2.09 bits per heavy atom. The van der Waals surface area contributed by atoms with E-state index in [0.717, 1.165) is 0 Å². The molecule has 164 valence electrons. The highest BCUT2D eigenvalue weighted by Crippen LogP contribution is 2.31. The minimum Gasteiger partial charge on any atom is -0.493 e. The molecule has 32 heavy (non-hydrogen) atoms. The fraction of sp³-hybridized carbons (Fsp3) is 0.125. The molecule has 3 rings (SSSR count). The molecule has 3 aromatic carbocycles. The predicted octanol–water partition coefficient (Wildman–Crippen LogP) is 3.70. The minimum atomic E-state index is -0.583. The van der Waals surface area contributed by atoms with Gasteiger partial charge in [-0.15, -0.1) is 0 Å². The quantitative estimate of drug-likeness (QED) is 0.251. The Bertz CT molecular complexity index is 1130. The molecule has 0 atom stereocenters. The normalized spacial score (nSPS) is 10.5. The third-order valence-corrected chi connectivity index (χ3v) is 4.43. The number of benzene rings is 3. The number of rotatable bonds is 8. The topological polar surface area (TPSA) is 95.5 Å². The monoisotopic (exact) mass is 434 g/mol. The number of amides is 1. The van der Waals surface area contributed by atoms with Crippen molar-refractivity contribution in [2.24, 2.45) is 5.10 Å². The van der Waals surface area contributed by atoms with E-state index in [1.807, 2.05) is 6.07 Å². The molecule has 0 aliphatic rings. The second-order valence-electron chi connectivity index (χ2n) is 6.43. The van der Waals surface area contributed by atoms with Crippen molar-refractivity contribution >= 4 is 18.1 Å². The summed E-state index contributed by atoms with van der Waals surface area (Å²) in [6, 6.07) is 18.4. The third kappa shape index (κ3) is 5.42. The molecule has 8 heteroatoms. The first-order chi connectivity index (χ1) is 15.5. The van der Waals surface area contributed by atoms with Gasteiger partial charge in [0.1, 0.15) is 0 Å². The summed E-state index contributed by atoms with van der Waals surface area (Å²) in [5, 5.41) is 3.95. The number of carbonyl (C=O) groups excluding carboxylic acids is 2. The van der Waals surface area contributed by atoms with Crippen molar-refractivity contribution in [1.29, 1.82) is 0 Å². The SMILES string of the molecule is COc1ccc(C(=O)Oc2ccc(/C=N/NC(=O)c3ccccc3)cc2OC)cc1OC. The first kappa shape index (κ1) is 22.4. The third-order valence-electron chi connectivity index (χ3n) is 4.43. The molecular weight excluding hydrogens is 412 g/mol. The Hall–Kier alpha value is -4.33. The van der Waals surface area contributed by atoms with Crippen LogP contribution in [0.1, 0.15) is 26.3 Å². The van der Waals surface area contributed by atoms with Crippen molar-refractivity contribution in [1.82, 2.24) is 5.43 Å². The number of ether oxygens (including phenoxy) is 4. The van der Waals surface area contributed by atoms with Crippen LogP contribution in [0.5, 0.6) is 23.0 Å². The van der Waals surface area contributed by atoms with Crippen LogP contribution in [0.4, 0.5) is 0 Å². The zero-order chi connectivity index (χ0) is 22.9. The van der Waals surface area contributed by atoms with Crippen molar-refractivity contribution in [2.75, 3.05) is 21.3 Å². The number of hydrogen-bond acceptors (Lipinski definition) is 7. The van der Waals surface area contributed by atoms with Crippen molar-refractivity contribution in [2.45, 2.75) is 0 Å². The highest BCUT2D eigenvalue weighted by molar-refractivity contribution is 5.95. The molecule has 0 spiro atoms. The second-order valence-corrected chi connectivity index (χ2v) is 6.43. The van der Waals surface area contributed by atoms with Gasteiger partial charge >= 0.3 is 5.97 Å². The highest BCUT2D eigenvalue weighted by Gasteiger charge is 2.15. The molecular formula is C24H22N2O6. The van der Waals surface area contributed by atoms with E-state index in [0.29, 0.717) is 33.9 Å². The van der Waals surface area contributed by atoms with Crippen LogP contribution >= 0.6 is 0 Å². The summed E-state index contributed by atoms with van der Waals surface area (Å²) < 4.78 is 21.2. The van der Waals surface area contributed by atoms with Gasteiger partial charge in [0.05, 0.1) is 33.1 Å². The molecule has 1 N–H and O–H groups in total. The van der Waals surface area contributed by atoms with E-state index in [4.69, 9.17) is 18.9 Å². The lowest BCUT2D eigenvalue weighted by Crippen LogP contribution is -2.17. The molecule has 0 aliphatic heterocycles. The van der Waals surface area contributed by atoms with E-state index >= 15 is 0 Å². The van der Waals surface area contributed by atoms with Gasteiger partial charge < -0.3 is 18.9 Å². The van der Waals surface area contributed by atoms with Gasteiger partial charge in [-0.2, -0.15) is 5.10 Å². The maximum atomic E-state index is 12.6. The molecule has 0 saturated carbocycles. The fourth-order valence-electron chi connectivity index (χ4n) is 2.79. The Balaban J connectivity index is 1.70. The first-order valence-electron chi connectivity index (χ1n) is 9.56. The van der Waals surface area contributed by atoms with Crippen LogP contribution in [0.25, 0.3) is 0 Å².